The maximum atomic E-state index is 12.4. The van der Waals surface area contributed by atoms with Gasteiger partial charge in [-0.25, -0.2) is 0 Å². The van der Waals surface area contributed by atoms with Crippen LogP contribution in [0.2, 0.25) is 0 Å². The second-order valence-corrected chi connectivity index (χ2v) is 13.3. The van der Waals surface area contributed by atoms with Crippen molar-refractivity contribution in [2.24, 2.45) is 46.3 Å². The zero-order valence-electron chi connectivity index (χ0n) is 23.7. The van der Waals surface area contributed by atoms with E-state index in [-0.39, 0.29) is 18.0 Å². The zero-order chi connectivity index (χ0) is 25.9. The Balaban J connectivity index is 1.35. The number of fused-ring (bicyclic) bond motifs is 5. The molecule has 4 fully saturated rings. The minimum absolute atomic E-state index is 0.00945. The van der Waals surface area contributed by atoms with E-state index in [1.54, 1.807) is 0 Å². The molecule has 4 nitrogen and oxygen atoms in total. The Hall–Kier alpha value is -1.32. The van der Waals surface area contributed by atoms with Gasteiger partial charge in [-0.05, 0) is 123 Å². The molecule has 4 aliphatic carbocycles. The van der Waals surface area contributed by atoms with Gasteiger partial charge in [-0.2, -0.15) is 0 Å². The van der Waals surface area contributed by atoms with Gasteiger partial charge in [0.2, 0.25) is 0 Å². The van der Waals surface area contributed by atoms with Gasteiger partial charge < -0.3 is 9.47 Å². The van der Waals surface area contributed by atoms with Crippen molar-refractivity contribution in [3.05, 3.63) is 12.2 Å². The van der Waals surface area contributed by atoms with Crippen molar-refractivity contribution in [1.29, 1.82) is 0 Å². The molecule has 0 radical (unpaired) electrons. The lowest BCUT2D eigenvalue weighted by Gasteiger charge is -2.61. The van der Waals surface area contributed by atoms with Crippen LogP contribution in [-0.2, 0) is 19.1 Å². The Morgan fingerprint density at radius 1 is 0.917 bits per heavy atom. The molecule has 0 aliphatic heterocycles. The smallest absolute Gasteiger partial charge is 0.306 e. The van der Waals surface area contributed by atoms with E-state index in [2.05, 4.69) is 39.8 Å². The summed E-state index contributed by atoms with van der Waals surface area (Å²) in [6.45, 7) is 9.69. The summed E-state index contributed by atoms with van der Waals surface area (Å²) in [5.74, 6) is 4.47. The van der Waals surface area contributed by atoms with Crippen molar-refractivity contribution < 1.29 is 19.1 Å². The fourth-order valence-electron chi connectivity index (χ4n) is 9.68. The van der Waals surface area contributed by atoms with E-state index in [0.29, 0.717) is 35.5 Å². The third-order valence-corrected chi connectivity index (χ3v) is 11.6. The molecule has 4 saturated carbocycles. The monoisotopic (exact) mass is 500 g/mol. The van der Waals surface area contributed by atoms with Crippen molar-refractivity contribution in [3.63, 3.8) is 0 Å². The first-order valence-corrected chi connectivity index (χ1v) is 15.1. The maximum Gasteiger partial charge on any atom is 0.306 e. The van der Waals surface area contributed by atoms with Crippen molar-refractivity contribution in [2.45, 2.75) is 124 Å². The molecule has 0 bridgehead atoms. The van der Waals surface area contributed by atoms with Gasteiger partial charge in [0.25, 0.3) is 0 Å². The largest absolute Gasteiger partial charge is 0.469 e. The molecule has 204 valence electrons. The third kappa shape index (κ3) is 5.44. The predicted molar refractivity (Wildman–Crippen MR) is 144 cm³/mol. The van der Waals surface area contributed by atoms with Crippen molar-refractivity contribution in [3.8, 4) is 0 Å². The number of methoxy groups -OCH3 is 1. The van der Waals surface area contributed by atoms with Gasteiger partial charge in [0.1, 0.15) is 6.10 Å². The second-order valence-electron chi connectivity index (χ2n) is 13.3. The molecule has 4 heteroatoms. The van der Waals surface area contributed by atoms with Crippen LogP contribution in [0.4, 0.5) is 0 Å². The highest BCUT2D eigenvalue weighted by molar-refractivity contribution is 5.69. The lowest BCUT2D eigenvalue weighted by atomic mass is 9.44. The van der Waals surface area contributed by atoms with E-state index in [1.807, 2.05) is 0 Å². The van der Waals surface area contributed by atoms with Gasteiger partial charge in [0.15, 0.2) is 0 Å². The van der Waals surface area contributed by atoms with Crippen LogP contribution in [-0.4, -0.2) is 25.2 Å². The molecule has 0 spiro atoms. The molecular weight excluding hydrogens is 448 g/mol. The predicted octanol–water partition coefficient (Wildman–Crippen LogP) is 7.89. The fourth-order valence-corrected chi connectivity index (χ4v) is 9.68. The molecule has 0 aromatic carbocycles. The number of carbonyl (C=O) groups is 2. The molecule has 4 aliphatic rings. The number of ether oxygens (including phenoxy) is 2. The Labute approximate surface area is 220 Å². The van der Waals surface area contributed by atoms with Crippen LogP contribution < -0.4 is 0 Å². The van der Waals surface area contributed by atoms with E-state index in [0.717, 1.165) is 55.8 Å². The quantitative estimate of drug-likeness (QED) is 0.238. The summed E-state index contributed by atoms with van der Waals surface area (Å²) in [6, 6.07) is 0. The van der Waals surface area contributed by atoms with E-state index < -0.39 is 0 Å². The average molecular weight is 501 g/mol. The summed E-state index contributed by atoms with van der Waals surface area (Å²) >= 11 is 0. The van der Waals surface area contributed by atoms with Gasteiger partial charge >= 0.3 is 11.9 Å². The Bertz CT molecular complexity index is 804. The van der Waals surface area contributed by atoms with Gasteiger partial charge in [0, 0.05) is 12.8 Å². The van der Waals surface area contributed by atoms with Gasteiger partial charge in [-0.1, -0.05) is 39.8 Å². The van der Waals surface area contributed by atoms with Crippen LogP contribution in [0.3, 0.4) is 0 Å². The zero-order valence-corrected chi connectivity index (χ0v) is 23.7. The standard InChI is InChI=1S/C32H52O4/c1-6-7-8-9-10-30(34)36-24-17-19-31(3)23(21-24)12-13-25-27-15-14-26(22(2)11-16-29(33)35-5)32(27,4)20-18-28(25)31/h7-8,22-28H,6,9-21H2,1-5H3/b8-7-/t22-,23+,24-,25+,26-,27+,28+,31+,32-/m1/s1. The van der Waals surface area contributed by atoms with Gasteiger partial charge in [0.05, 0.1) is 7.11 Å². The topological polar surface area (TPSA) is 52.6 Å². The first-order valence-electron chi connectivity index (χ1n) is 15.1. The van der Waals surface area contributed by atoms with E-state index in [1.165, 1.54) is 52.1 Å². The fraction of sp³-hybridized carbons (Fsp3) is 0.875. The third-order valence-electron chi connectivity index (χ3n) is 11.6. The first kappa shape index (κ1) is 27.7. The van der Waals surface area contributed by atoms with Crippen LogP contribution >= 0.6 is 0 Å². The van der Waals surface area contributed by atoms with Gasteiger partial charge in [-0.15, -0.1) is 0 Å². The SMILES string of the molecule is CC/C=C\CCC(=O)O[C@@H]1CC[C@@]2(C)[C@@H](CC[C@@H]3[C@@H]2CC[C@]2(C)[C@@H]([C@H](C)CCC(=O)OC)CC[C@@H]32)C1. The maximum absolute atomic E-state index is 12.4. The lowest BCUT2D eigenvalue weighted by molar-refractivity contribution is -0.162. The van der Waals surface area contributed by atoms with Crippen LogP contribution in [0, 0.1) is 46.3 Å². The summed E-state index contributed by atoms with van der Waals surface area (Å²) in [7, 11) is 1.50. The van der Waals surface area contributed by atoms with Crippen molar-refractivity contribution in [2.75, 3.05) is 7.11 Å². The van der Waals surface area contributed by atoms with Crippen molar-refractivity contribution in [1.82, 2.24) is 0 Å². The Kier molecular flexibility index (Phi) is 8.93. The highest BCUT2D eigenvalue weighted by Crippen LogP contribution is 2.68. The molecule has 0 unspecified atom stereocenters. The summed E-state index contributed by atoms with van der Waals surface area (Å²) in [4.78, 5) is 24.2. The first-order chi connectivity index (χ1) is 17.2. The van der Waals surface area contributed by atoms with Crippen molar-refractivity contribution >= 4 is 11.9 Å². The summed E-state index contributed by atoms with van der Waals surface area (Å²) in [6.07, 6.45) is 19.6. The van der Waals surface area contributed by atoms with Crippen LogP contribution in [0.15, 0.2) is 12.2 Å². The normalized spacial score (nSPS) is 40.7. The molecule has 0 aromatic heterocycles. The molecule has 9 atom stereocenters. The molecular formula is C32H52O4. The summed E-state index contributed by atoms with van der Waals surface area (Å²) in [5, 5.41) is 0. The van der Waals surface area contributed by atoms with E-state index in [9.17, 15) is 9.59 Å². The molecule has 0 heterocycles. The molecule has 4 rings (SSSR count). The van der Waals surface area contributed by atoms with Crippen LogP contribution in [0.25, 0.3) is 0 Å². The molecule has 0 amide bonds. The van der Waals surface area contributed by atoms with E-state index >= 15 is 0 Å². The van der Waals surface area contributed by atoms with Crippen LogP contribution in [0.1, 0.15) is 118 Å². The Morgan fingerprint density at radius 3 is 2.42 bits per heavy atom. The number of carbonyl (C=O) groups excluding carboxylic acids is 2. The number of esters is 2. The summed E-state index contributed by atoms with van der Waals surface area (Å²) < 4.78 is 10.9. The molecule has 36 heavy (non-hydrogen) atoms. The number of hydrogen-bond donors (Lipinski definition) is 0. The highest BCUT2D eigenvalue weighted by Gasteiger charge is 2.60. The molecule has 0 saturated heterocycles. The molecule has 0 aromatic rings. The summed E-state index contributed by atoms with van der Waals surface area (Å²) in [5.41, 5.74) is 0.838. The highest BCUT2D eigenvalue weighted by atomic mass is 16.5. The number of hydrogen-bond acceptors (Lipinski definition) is 4. The lowest BCUT2D eigenvalue weighted by Crippen LogP contribution is -2.54. The van der Waals surface area contributed by atoms with Gasteiger partial charge in [-0.3, -0.25) is 9.59 Å². The Morgan fingerprint density at radius 2 is 1.67 bits per heavy atom. The molecule has 0 N–H and O–H groups in total. The van der Waals surface area contributed by atoms with E-state index in [4.69, 9.17) is 9.47 Å². The average Bonchev–Trinajstić information content (AvgIpc) is 3.22. The number of allylic oxidation sites excluding steroid dienone is 2. The minimum Gasteiger partial charge on any atom is -0.469 e. The van der Waals surface area contributed by atoms with Crippen LogP contribution in [0.5, 0.6) is 0 Å². The second kappa shape index (κ2) is 11.6. The minimum atomic E-state index is -0.0638. The number of rotatable bonds is 9.